The van der Waals surface area contributed by atoms with Crippen molar-refractivity contribution in [1.29, 1.82) is 0 Å². The van der Waals surface area contributed by atoms with Crippen LogP contribution in [0.15, 0.2) is 41.4 Å². The summed E-state index contributed by atoms with van der Waals surface area (Å²) in [6, 6.07) is 8.01. The molecule has 0 aliphatic heterocycles. The maximum atomic E-state index is 13.2. The molecule has 0 saturated heterocycles. The molecule has 88 valence electrons. The molecule has 0 bridgehead atoms. The summed E-state index contributed by atoms with van der Waals surface area (Å²) in [7, 11) is 0. The van der Waals surface area contributed by atoms with Gasteiger partial charge in [0.15, 0.2) is 0 Å². The van der Waals surface area contributed by atoms with Crippen LogP contribution in [0, 0.1) is 5.82 Å². The van der Waals surface area contributed by atoms with Gasteiger partial charge in [-0.2, -0.15) is 5.10 Å². The van der Waals surface area contributed by atoms with Crippen LogP contribution in [0.5, 0.6) is 0 Å². The second-order valence-electron chi connectivity index (χ2n) is 3.24. The Kier molecular flexibility index (Phi) is 3.77. The van der Waals surface area contributed by atoms with Crippen LogP contribution in [-0.2, 0) is 4.79 Å². The highest BCUT2D eigenvalue weighted by molar-refractivity contribution is 8.00. The van der Waals surface area contributed by atoms with Gasteiger partial charge in [0.1, 0.15) is 11.6 Å². The van der Waals surface area contributed by atoms with E-state index in [0.717, 1.165) is 11.8 Å². The van der Waals surface area contributed by atoms with E-state index >= 15 is 0 Å². The van der Waals surface area contributed by atoms with E-state index in [9.17, 15) is 9.18 Å². The molecule has 0 spiro atoms. The van der Waals surface area contributed by atoms with E-state index in [1.165, 1.54) is 6.07 Å². The molecule has 0 aliphatic carbocycles. The molecular weight excluding hydrogens is 241 g/mol. The lowest BCUT2D eigenvalue weighted by atomic mass is 10.3. The number of carbonyl (C=O) groups excluding carboxylic acids is 1. The first-order valence-corrected chi connectivity index (χ1v) is 5.91. The van der Waals surface area contributed by atoms with Gasteiger partial charge in [-0.05, 0) is 12.1 Å². The third-order valence-electron chi connectivity index (χ3n) is 1.97. The first-order chi connectivity index (χ1) is 8.25. The number of hydrogen-bond acceptors (Lipinski definition) is 3. The molecule has 17 heavy (non-hydrogen) atoms. The summed E-state index contributed by atoms with van der Waals surface area (Å²) in [5, 5.41) is 8.92. The number of rotatable bonds is 4. The van der Waals surface area contributed by atoms with Crippen molar-refractivity contribution in [1.82, 2.24) is 10.2 Å². The number of hydrogen-bond donors (Lipinski definition) is 2. The zero-order chi connectivity index (χ0) is 12.1. The summed E-state index contributed by atoms with van der Waals surface area (Å²) in [5.74, 6) is 0.165. The first-order valence-electron chi connectivity index (χ1n) is 4.92. The van der Waals surface area contributed by atoms with Crippen molar-refractivity contribution < 1.29 is 9.18 Å². The lowest BCUT2D eigenvalue weighted by molar-refractivity contribution is -0.113. The zero-order valence-electron chi connectivity index (χ0n) is 8.81. The van der Waals surface area contributed by atoms with Gasteiger partial charge < -0.3 is 5.32 Å². The lowest BCUT2D eigenvalue weighted by Gasteiger charge is -2.03. The molecular formula is C11H10FN3OS. The fourth-order valence-electron chi connectivity index (χ4n) is 1.22. The van der Waals surface area contributed by atoms with Gasteiger partial charge in [0.2, 0.25) is 5.91 Å². The molecule has 1 heterocycles. The van der Waals surface area contributed by atoms with Crippen molar-refractivity contribution >= 4 is 23.5 Å². The molecule has 0 atom stereocenters. The average Bonchev–Trinajstić information content (AvgIpc) is 2.81. The summed E-state index contributed by atoms with van der Waals surface area (Å²) < 4.78 is 13.2. The molecule has 2 rings (SSSR count). The van der Waals surface area contributed by atoms with E-state index in [1.54, 1.807) is 30.5 Å². The topological polar surface area (TPSA) is 57.8 Å². The van der Waals surface area contributed by atoms with Crippen LogP contribution in [0.25, 0.3) is 0 Å². The van der Waals surface area contributed by atoms with Crippen LogP contribution >= 0.6 is 11.8 Å². The minimum atomic E-state index is -0.313. The van der Waals surface area contributed by atoms with Crippen LogP contribution in [0.4, 0.5) is 10.2 Å². The van der Waals surface area contributed by atoms with Gasteiger partial charge >= 0.3 is 0 Å². The van der Waals surface area contributed by atoms with Crippen molar-refractivity contribution in [3.8, 4) is 0 Å². The third-order valence-corrected chi connectivity index (χ3v) is 3.02. The van der Waals surface area contributed by atoms with Crippen molar-refractivity contribution in [3.63, 3.8) is 0 Å². The van der Waals surface area contributed by atoms with Crippen molar-refractivity contribution in [2.24, 2.45) is 0 Å². The summed E-state index contributed by atoms with van der Waals surface area (Å²) in [6.07, 6.45) is 1.54. The van der Waals surface area contributed by atoms with Gasteiger partial charge in [-0.15, -0.1) is 11.8 Å². The Morgan fingerprint density at radius 1 is 1.41 bits per heavy atom. The highest BCUT2D eigenvalue weighted by Crippen LogP contribution is 2.20. The summed E-state index contributed by atoms with van der Waals surface area (Å²) in [5.41, 5.74) is 0. The molecule has 2 N–H and O–H groups in total. The van der Waals surface area contributed by atoms with Gasteiger partial charge in [0.25, 0.3) is 0 Å². The fourth-order valence-corrected chi connectivity index (χ4v) is 1.96. The zero-order valence-corrected chi connectivity index (χ0v) is 9.63. The number of nitrogens with one attached hydrogen (secondary N) is 2. The van der Waals surface area contributed by atoms with E-state index in [4.69, 9.17) is 0 Å². The second kappa shape index (κ2) is 5.49. The fraction of sp³-hybridized carbons (Fsp3) is 0.0909. The van der Waals surface area contributed by atoms with Crippen LogP contribution in [0.3, 0.4) is 0 Å². The maximum absolute atomic E-state index is 13.2. The Morgan fingerprint density at radius 2 is 2.24 bits per heavy atom. The maximum Gasteiger partial charge on any atom is 0.235 e. The minimum absolute atomic E-state index is 0.153. The van der Waals surface area contributed by atoms with E-state index < -0.39 is 0 Å². The van der Waals surface area contributed by atoms with Crippen molar-refractivity contribution in [2.45, 2.75) is 4.90 Å². The molecule has 6 heteroatoms. The normalized spacial score (nSPS) is 10.2. The van der Waals surface area contributed by atoms with Crippen LogP contribution in [0.2, 0.25) is 0 Å². The largest absolute Gasteiger partial charge is 0.310 e. The van der Waals surface area contributed by atoms with E-state index in [2.05, 4.69) is 15.5 Å². The number of benzene rings is 1. The number of aromatic amines is 1. The summed E-state index contributed by atoms with van der Waals surface area (Å²) >= 11 is 1.16. The molecule has 0 unspecified atom stereocenters. The van der Waals surface area contributed by atoms with Gasteiger partial charge in [-0.25, -0.2) is 4.39 Å². The molecule has 4 nitrogen and oxygen atoms in total. The number of nitrogens with zero attached hydrogens (tertiary/aromatic N) is 1. The molecule has 0 aliphatic rings. The summed E-state index contributed by atoms with van der Waals surface area (Å²) in [6.45, 7) is 0. The Morgan fingerprint density at radius 3 is 2.94 bits per heavy atom. The monoisotopic (exact) mass is 251 g/mol. The molecule has 0 saturated carbocycles. The number of aromatic nitrogens is 2. The number of H-pyrrole nitrogens is 1. The van der Waals surface area contributed by atoms with Crippen molar-refractivity contribution in [2.75, 3.05) is 11.1 Å². The number of thioether (sulfide) groups is 1. The highest BCUT2D eigenvalue weighted by atomic mass is 32.2. The number of amides is 1. The Balaban J connectivity index is 1.86. The predicted molar refractivity (Wildman–Crippen MR) is 64.3 cm³/mol. The van der Waals surface area contributed by atoms with E-state index in [1.807, 2.05) is 0 Å². The molecule has 1 aromatic heterocycles. The van der Waals surface area contributed by atoms with Crippen LogP contribution in [-0.4, -0.2) is 21.9 Å². The van der Waals surface area contributed by atoms with Gasteiger partial charge in [-0.3, -0.25) is 9.89 Å². The number of anilines is 1. The number of carbonyl (C=O) groups is 1. The molecule has 1 aromatic carbocycles. The Labute approximate surface area is 102 Å². The predicted octanol–water partition coefficient (Wildman–Crippen LogP) is 2.28. The molecule has 0 radical (unpaired) electrons. The quantitative estimate of drug-likeness (QED) is 0.820. The van der Waals surface area contributed by atoms with E-state index in [0.29, 0.717) is 10.7 Å². The lowest BCUT2D eigenvalue weighted by Crippen LogP contribution is -2.14. The Hall–Kier alpha value is -1.82. The van der Waals surface area contributed by atoms with Crippen molar-refractivity contribution in [3.05, 3.63) is 42.3 Å². The smallest absolute Gasteiger partial charge is 0.235 e. The minimum Gasteiger partial charge on any atom is -0.310 e. The number of halogens is 1. The molecule has 0 fully saturated rings. The summed E-state index contributed by atoms with van der Waals surface area (Å²) in [4.78, 5) is 12.0. The second-order valence-corrected chi connectivity index (χ2v) is 4.25. The SMILES string of the molecule is O=C(CSc1ccccc1F)Nc1ccn[nH]1. The van der Waals surface area contributed by atoms with Gasteiger partial charge in [0, 0.05) is 11.0 Å². The van der Waals surface area contributed by atoms with Crippen LogP contribution < -0.4 is 5.32 Å². The molecule has 2 aromatic rings. The molecule has 1 amide bonds. The van der Waals surface area contributed by atoms with Gasteiger partial charge in [0.05, 0.1) is 11.9 Å². The van der Waals surface area contributed by atoms with Crippen LogP contribution in [0.1, 0.15) is 0 Å². The van der Waals surface area contributed by atoms with Gasteiger partial charge in [-0.1, -0.05) is 12.1 Å². The standard InChI is InChI=1S/C11H10FN3OS/c12-8-3-1-2-4-9(8)17-7-11(16)14-10-5-6-13-15-10/h1-6H,7H2,(H2,13,14,15,16). The van der Waals surface area contributed by atoms with E-state index in [-0.39, 0.29) is 17.5 Å². The third kappa shape index (κ3) is 3.32. The average molecular weight is 251 g/mol. The highest BCUT2D eigenvalue weighted by Gasteiger charge is 2.06. The first kappa shape index (κ1) is 11.7. The Bertz CT molecular complexity index is 501.